The molecule has 124 valence electrons. The number of nitrogens with zero attached hydrogens (tertiary/aromatic N) is 2. The number of carbonyl (C=O) groups is 2. The van der Waals surface area contributed by atoms with Crippen LogP contribution in [0.15, 0.2) is 60.7 Å². The van der Waals surface area contributed by atoms with Gasteiger partial charge >= 0.3 is 6.03 Å². The number of carbonyl (C=O) groups excluding carboxylic acids is 2. The standard InChI is InChI=1S/C19H21N3O2/c1-15(23)21-13-12-16(14-21)20-19(24)22(17-8-4-2-5-9-17)18-10-6-3-7-11-18/h2-11,16H,12-14H2,1H3,(H,20,24)/t16-/m0/s1. The summed E-state index contributed by atoms with van der Waals surface area (Å²) in [4.78, 5) is 27.8. The summed E-state index contributed by atoms with van der Waals surface area (Å²) in [5, 5.41) is 3.05. The average Bonchev–Trinajstić information content (AvgIpc) is 3.06. The summed E-state index contributed by atoms with van der Waals surface area (Å²) in [5.41, 5.74) is 1.62. The van der Waals surface area contributed by atoms with E-state index in [1.54, 1.807) is 16.7 Å². The van der Waals surface area contributed by atoms with Gasteiger partial charge in [0.25, 0.3) is 0 Å². The van der Waals surface area contributed by atoms with Gasteiger partial charge in [-0.2, -0.15) is 0 Å². The van der Waals surface area contributed by atoms with E-state index in [-0.39, 0.29) is 18.0 Å². The topological polar surface area (TPSA) is 52.7 Å². The molecule has 1 saturated heterocycles. The zero-order chi connectivity index (χ0) is 16.9. The third-order valence-electron chi connectivity index (χ3n) is 4.19. The van der Waals surface area contributed by atoms with Crippen molar-refractivity contribution in [2.75, 3.05) is 18.0 Å². The van der Waals surface area contributed by atoms with Crippen LogP contribution >= 0.6 is 0 Å². The fraction of sp³-hybridized carbons (Fsp3) is 0.263. The van der Waals surface area contributed by atoms with Gasteiger partial charge in [-0.1, -0.05) is 36.4 Å². The molecule has 0 unspecified atom stereocenters. The van der Waals surface area contributed by atoms with Crippen LogP contribution in [0.25, 0.3) is 0 Å². The minimum absolute atomic E-state index is 0.0173. The lowest BCUT2D eigenvalue weighted by atomic mass is 10.2. The van der Waals surface area contributed by atoms with E-state index in [9.17, 15) is 9.59 Å². The fourth-order valence-corrected chi connectivity index (χ4v) is 2.94. The lowest BCUT2D eigenvalue weighted by molar-refractivity contribution is -0.127. The van der Waals surface area contributed by atoms with Crippen molar-refractivity contribution in [3.05, 3.63) is 60.7 Å². The fourth-order valence-electron chi connectivity index (χ4n) is 2.94. The number of hydrogen-bond donors (Lipinski definition) is 1. The second kappa shape index (κ2) is 7.17. The number of amides is 3. The van der Waals surface area contributed by atoms with Crippen molar-refractivity contribution in [3.8, 4) is 0 Å². The summed E-state index contributed by atoms with van der Waals surface area (Å²) in [5.74, 6) is 0.0507. The van der Waals surface area contributed by atoms with Crippen LogP contribution in [0, 0.1) is 0 Å². The van der Waals surface area contributed by atoms with Crippen molar-refractivity contribution in [2.45, 2.75) is 19.4 Å². The first kappa shape index (κ1) is 16.1. The molecule has 24 heavy (non-hydrogen) atoms. The van der Waals surface area contributed by atoms with E-state index in [2.05, 4.69) is 5.32 Å². The highest BCUT2D eigenvalue weighted by molar-refractivity contribution is 5.99. The maximum atomic E-state index is 12.9. The zero-order valence-corrected chi connectivity index (χ0v) is 13.7. The molecule has 1 atom stereocenters. The van der Waals surface area contributed by atoms with Crippen LogP contribution in [0.3, 0.4) is 0 Å². The predicted molar refractivity (Wildman–Crippen MR) is 94.2 cm³/mol. The molecule has 5 nitrogen and oxygen atoms in total. The maximum Gasteiger partial charge on any atom is 0.326 e. The molecule has 0 saturated carbocycles. The SMILES string of the molecule is CC(=O)N1CC[C@H](NC(=O)N(c2ccccc2)c2ccccc2)C1. The van der Waals surface area contributed by atoms with Gasteiger partial charge in [0.05, 0.1) is 11.4 Å². The minimum Gasteiger partial charge on any atom is -0.341 e. The second-order valence-corrected chi connectivity index (χ2v) is 5.91. The molecule has 1 fully saturated rings. The number of hydrogen-bond acceptors (Lipinski definition) is 2. The summed E-state index contributed by atoms with van der Waals surface area (Å²) in [6.45, 7) is 2.82. The summed E-state index contributed by atoms with van der Waals surface area (Å²) in [7, 11) is 0. The van der Waals surface area contributed by atoms with Gasteiger partial charge in [-0.15, -0.1) is 0 Å². The molecule has 5 heteroatoms. The van der Waals surface area contributed by atoms with E-state index >= 15 is 0 Å². The van der Waals surface area contributed by atoms with E-state index in [4.69, 9.17) is 0 Å². The summed E-state index contributed by atoms with van der Waals surface area (Å²) >= 11 is 0. The number of likely N-dealkylation sites (tertiary alicyclic amines) is 1. The highest BCUT2D eigenvalue weighted by Crippen LogP contribution is 2.25. The van der Waals surface area contributed by atoms with Crippen molar-refractivity contribution in [2.24, 2.45) is 0 Å². The van der Waals surface area contributed by atoms with Crippen molar-refractivity contribution in [3.63, 3.8) is 0 Å². The number of urea groups is 1. The van der Waals surface area contributed by atoms with E-state index in [1.165, 1.54) is 0 Å². The summed E-state index contributed by atoms with van der Waals surface area (Å²) in [6, 6.07) is 18.9. The lowest BCUT2D eigenvalue weighted by Crippen LogP contribution is -2.44. The molecule has 3 rings (SSSR count). The molecule has 0 radical (unpaired) electrons. The normalized spacial score (nSPS) is 16.7. The Morgan fingerprint density at radius 3 is 2.00 bits per heavy atom. The zero-order valence-electron chi connectivity index (χ0n) is 13.7. The molecule has 0 spiro atoms. The molecule has 0 bridgehead atoms. The van der Waals surface area contributed by atoms with Crippen LogP contribution in [-0.2, 0) is 4.79 Å². The Morgan fingerprint density at radius 1 is 1.00 bits per heavy atom. The van der Waals surface area contributed by atoms with Crippen molar-refractivity contribution in [1.82, 2.24) is 10.2 Å². The van der Waals surface area contributed by atoms with Gasteiger partial charge in [0.2, 0.25) is 5.91 Å². The molecule has 0 aromatic heterocycles. The molecule has 1 heterocycles. The summed E-state index contributed by atoms with van der Waals surface area (Å²) in [6.07, 6.45) is 0.780. The van der Waals surface area contributed by atoms with Gasteiger partial charge < -0.3 is 10.2 Å². The van der Waals surface area contributed by atoms with Crippen LogP contribution in [0.1, 0.15) is 13.3 Å². The van der Waals surface area contributed by atoms with E-state index < -0.39 is 0 Å². The third-order valence-corrected chi connectivity index (χ3v) is 4.19. The van der Waals surface area contributed by atoms with Crippen LogP contribution in [0.2, 0.25) is 0 Å². The Hall–Kier alpha value is -2.82. The quantitative estimate of drug-likeness (QED) is 0.943. The monoisotopic (exact) mass is 323 g/mol. The first-order chi connectivity index (χ1) is 11.6. The predicted octanol–water partition coefficient (Wildman–Crippen LogP) is 3.16. The van der Waals surface area contributed by atoms with E-state index in [0.717, 1.165) is 17.8 Å². The molecule has 3 amide bonds. The van der Waals surface area contributed by atoms with Crippen molar-refractivity contribution in [1.29, 1.82) is 0 Å². The van der Waals surface area contributed by atoms with Gasteiger partial charge in [-0.25, -0.2) is 4.79 Å². The Bertz CT molecular complexity index is 664. The maximum absolute atomic E-state index is 12.9. The van der Waals surface area contributed by atoms with Crippen molar-refractivity contribution >= 4 is 23.3 Å². The molecule has 1 aliphatic heterocycles. The molecule has 1 N–H and O–H groups in total. The smallest absolute Gasteiger partial charge is 0.326 e. The van der Waals surface area contributed by atoms with E-state index in [1.807, 2.05) is 60.7 Å². The molecule has 2 aromatic rings. The van der Waals surface area contributed by atoms with E-state index in [0.29, 0.717) is 13.1 Å². The van der Waals surface area contributed by atoms with Crippen LogP contribution in [-0.4, -0.2) is 36.0 Å². The third kappa shape index (κ3) is 3.56. The first-order valence-corrected chi connectivity index (χ1v) is 8.11. The Kier molecular flexibility index (Phi) is 4.79. The first-order valence-electron chi connectivity index (χ1n) is 8.11. The lowest BCUT2D eigenvalue weighted by Gasteiger charge is -2.25. The molecule has 2 aromatic carbocycles. The number of para-hydroxylation sites is 2. The number of nitrogens with one attached hydrogen (secondary N) is 1. The Balaban J connectivity index is 1.79. The second-order valence-electron chi connectivity index (χ2n) is 5.91. The Labute approximate surface area is 141 Å². The molecule has 0 aliphatic carbocycles. The highest BCUT2D eigenvalue weighted by atomic mass is 16.2. The molecular weight excluding hydrogens is 302 g/mol. The average molecular weight is 323 g/mol. The van der Waals surface area contributed by atoms with Gasteiger partial charge in [0, 0.05) is 26.1 Å². The van der Waals surface area contributed by atoms with Gasteiger partial charge in [0.15, 0.2) is 0 Å². The van der Waals surface area contributed by atoms with Gasteiger partial charge in [-0.3, -0.25) is 9.69 Å². The van der Waals surface area contributed by atoms with Crippen LogP contribution < -0.4 is 10.2 Å². The summed E-state index contributed by atoms with van der Waals surface area (Å²) < 4.78 is 0. The molecule has 1 aliphatic rings. The van der Waals surface area contributed by atoms with Crippen LogP contribution in [0.5, 0.6) is 0 Å². The largest absolute Gasteiger partial charge is 0.341 e. The van der Waals surface area contributed by atoms with Gasteiger partial charge in [0.1, 0.15) is 0 Å². The van der Waals surface area contributed by atoms with Crippen LogP contribution in [0.4, 0.5) is 16.2 Å². The van der Waals surface area contributed by atoms with Crippen molar-refractivity contribution < 1.29 is 9.59 Å². The number of rotatable bonds is 3. The number of benzene rings is 2. The minimum atomic E-state index is -0.178. The molecular formula is C19H21N3O2. The number of anilines is 2. The Morgan fingerprint density at radius 2 is 1.54 bits per heavy atom. The van der Waals surface area contributed by atoms with Gasteiger partial charge in [-0.05, 0) is 30.7 Å². The highest BCUT2D eigenvalue weighted by Gasteiger charge is 2.27.